The van der Waals surface area contributed by atoms with Crippen molar-refractivity contribution in [1.82, 2.24) is 14.8 Å². The van der Waals surface area contributed by atoms with E-state index < -0.39 is 0 Å². The number of hydrogen-bond donors (Lipinski definition) is 0. The van der Waals surface area contributed by atoms with Gasteiger partial charge < -0.3 is 4.57 Å². The van der Waals surface area contributed by atoms with Gasteiger partial charge in [0.1, 0.15) is 17.4 Å². The second kappa shape index (κ2) is 2.40. The van der Waals surface area contributed by atoms with Crippen LogP contribution in [0.5, 0.6) is 0 Å². The van der Waals surface area contributed by atoms with Gasteiger partial charge in [0, 0.05) is 18.9 Å². The summed E-state index contributed by atoms with van der Waals surface area (Å²) >= 11 is 0. The van der Waals surface area contributed by atoms with E-state index >= 15 is 0 Å². The second-order valence-corrected chi connectivity index (χ2v) is 3.87. The van der Waals surface area contributed by atoms with Crippen molar-refractivity contribution in [1.29, 1.82) is 0 Å². The number of ketones is 1. The molecular formula is C9H11N3O. The smallest absolute Gasteiger partial charge is 0.142 e. The summed E-state index contributed by atoms with van der Waals surface area (Å²) < 4.78 is 2.14. The molecule has 68 valence electrons. The fourth-order valence-electron chi connectivity index (χ4n) is 1.87. The van der Waals surface area contributed by atoms with Crippen LogP contribution in [-0.4, -0.2) is 20.5 Å². The zero-order chi connectivity index (χ0) is 8.84. The number of aromatic nitrogens is 3. The average molecular weight is 177 g/mol. The van der Waals surface area contributed by atoms with Crippen LogP contribution in [0.4, 0.5) is 0 Å². The van der Waals surface area contributed by atoms with E-state index in [1.54, 1.807) is 0 Å². The summed E-state index contributed by atoms with van der Waals surface area (Å²) in [7, 11) is 0. The topological polar surface area (TPSA) is 47.8 Å². The van der Waals surface area contributed by atoms with E-state index in [0.29, 0.717) is 24.5 Å². The predicted molar refractivity (Wildman–Crippen MR) is 45.3 cm³/mol. The van der Waals surface area contributed by atoms with Gasteiger partial charge in [0.05, 0.1) is 6.42 Å². The fraction of sp³-hybridized carbons (Fsp3) is 0.667. The Hall–Kier alpha value is -1.19. The van der Waals surface area contributed by atoms with E-state index in [1.807, 2.05) is 0 Å². The van der Waals surface area contributed by atoms with E-state index in [4.69, 9.17) is 0 Å². The average Bonchev–Trinajstić information content (AvgIpc) is 2.87. The number of rotatable bonds is 1. The molecule has 0 atom stereocenters. The summed E-state index contributed by atoms with van der Waals surface area (Å²) in [6.07, 6.45) is 3.63. The van der Waals surface area contributed by atoms with Gasteiger partial charge in [-0.3, -0.25) is 4.79 Å². The summed E-state index contributed by atoms with van der Waals surface area (Å²) in [5.41, 5.74) is 0. The zero-order valence-electron chi connectivity index (χ0n) is 7.36. The summed E-state index contributed by atoms with van der Waals surface area (Å²) in [6, 6.07) is 0. The third kappa shape index (κ3) is 1.08. The molecular weight excluding hydrogens is 166 g/mol. The minimum absolute atomic E-state index is 0.294. The number of fused-ring (bicyclic) bond motifs is 1. The van der Waals surface area contributed by atoms with E-state index in [1.165, 1.54) is 12.8 Å². The van der Waals surface area contributed by atoms with Crippen LogP contribution in [0, 0.1) is 0 Å². The molecule has 2 aliphatic rings. The Balaban J connectivity index is 2.01. The van der Waals surface area contributed by atoms with Crippen LogP contribution in [-0.2, 0) is 17.8 Å². The minimum atomic E-state index is 0.294. The van der Waals surface area contributed by atoms with Crippen LogP contribution in [0.25, 0.3) is 0 Å². The SMILES string of the molecule is O=C1CCn2c(nnc2C2CC2)C1. The van der Waals surface area contributed by atoms with Crippen LogP contribution < -0.4 is 0 Å². The minimum Gasteiger partial charge on any atom is -0.314 e. The Kier molecular flexibility index (Phi) is 1.34. The first kappa shape index (κ1) is 7.24. The standard InChI is InChI=1S/C9H11N3O/c13-7-3-4-12-8(5-7)10-11-9(12)6-1-2-6/h6H,1-5H2. The maximum absolute atomic E-state index is 11.1. The lowest BCUT2D eigenvalue weighted by molar-refractivity contribution is -0.119. The third-order valence-corrected chi connectivity index (χ3v) is 2.77. The summed E-state index contributed by atoms with van der Waals surface area (Å²) in [5, 5.41) is 8.22. The molecule has 1 aromatic rings. The molecule has 13 heavy (non-hydrogen) atoms. The number of nitrogens with zero attached hydrogens (tertiary/aromatic N) is 3. The maximum Gasteiger partial charge on any atom is 0.142 e. The van der Waals surface area contributed by atoms with Crippen molar-refractivity contribution in [3.8, 4) is 0 Å². The van der Waals surface area contributed by atoms with Gasteiger partial charge in [0.25, 0.3) is 0 Å². The van der Waals surface area contributed by atoms with Gasteiger partial charge >= 0.3 is 0 Å². The van der Waals surface area contributed by atoms with E-state index in [2.05, 4.69) is 14.8 Å². The first-order chi connectivity index (χ1) is 6.34. The van der Waals surface area contributed by atoms with Crippen LogP contribution in [0.3, 0.4) is 0 Å². The summed E-state index contributed by atoms with van der Waals surface area (Å²) in [5.74, 6) is 2.91. The normalized spacial score (nSPS) is 21.7. The van der Waals surface area contributed by atoms with E-state index in [-0.39, 0.29) is 0 Å². The molecule has 1 fully saturated rings. The molecule has 0 N–H and O–H groups in total. The lowest BCUT2D eigenvalue weighted by Gasteiger charge is -2.13. The van der Waals surface area contributed by atoms with Crippen LogP contribution in [0.15, 0.2) is 0 Å². The molecule has 0 bridgehead atoms. The predicted octanol–water partition coefficient (Wildman–Crippen LogP) is 0.671. The Labute approximate surface area is 76.0 Å². The number of carbonyl (C=O) groups excluding carboxylic acids is 1. The Morgan fingerprint density at radius 2 is 2.15 bits per heavy atom. The Bertz CT molecular complexity index is 365. The molecule has 4 heteroatoms. The Morgan fingerprint density at radius 1 is 1.31 bits per heavy atom. The Morgan fingerprint density at radius 3 is 2.92 bits per heavy atom. The molecule has 0 aromatic carbocycles. The van der Waals surface area contributed by atoms with Crippen molar-refractivity contribution < 1.29 is 4.79 Å². The molecule has 1 aliphatic carbocycles. The molecule has 0 unspecified atom stereocenters. The molecule has 3 rings (SSSR count). The van der Waals surface area contributed by atoms with Crippen molar-refractivity contribution in [3.63, 3.8) is 0 Å². The first-order valence-corrected chi connectivity index (χ1v) is 4.78. The monoisotopic (exact) mass is 177 g/mol. The lowest BCUT2D eigenvalue weighted by atomic mass is 10.1. The van der Waals surface area contributed by atoms with E-state index in [0.717, 1.165) is 18.2 Å². The highest BCUT2D eigenvalue weighted by Gasteiger charge is 2.31. The van der Waals surface area contributed by atoms with Gasteiger partial charge in [0.2, 0.25) is 0 Å². The molecule has 4 nitrogen and oxygen atoms in total. The second-order valence-electron chi connectivity index (χ2n) is 3.87. The van der Waals surface area contributed by atoms with Crippen molar-refractivity contribution >= 4 is 5.78 Å². The molecule has 0 radical (unpaired) electrons. The van der Waals surface area contributed by atoms with Crippen molar-refractivity contribution in [3.05, 3.63) is 11.6 Å². The van der Waals surface area contributed by atoms with Crippen LogP contribution in [0.1, 0.15) is 36.8 Å². The fourth-order valence-corrected chi connectivity index (χ4v) is 1.87. The number of carbonyl (C=O) groups is 1. The van der Waals surface area contributed by atoms with Gasteiger partial charge in [-0.1, -0.05) is 0 Å². The van der Waals surface area contributed by atoms with Crippen LogP contribution >= 0.6 is 0 Å². The largest absolute Gasteiger partial charge is 0.314 e. The number of Topliss-reactive ketones (excluding diaryl/α,β-unsaturated/α-hetero) is 1. The first-order valence-electron chi connectivity index (χ1n) is 4.78. The van der Waals surface area contributed by atoms with Crippen molar-refractivity contribution in [2.75, 3.05) is 0 Å². The van der Waals surface area contributed by atoms with Gasteiger partial charge in [-0.25, -0.2) is 0 Å². The maximum atomic E-state index is 11.1. The van der Waals surface area contributed by atoms with Gasteiger partial charge in [-0.2, -0.15) is 0 Å². The van der Waals surface area contributed by atoms with Gasteiger partial charge in [0.15, 0.2) is 0 Å². The quantitative estimate of drug-likeness (QED) is 0.633. The molecule has 0 saturated heterocycles. The van der Waals surface area contributed by atoms with Crippen molar-refractivity contribution in [2.24, 2.45) is 0 Å². The third-order valence-electron chi connectivity index (χ3n) is 2.77. The molecule has 1 aromatic heterocycles. The highest BCUT2D eigenvalue weighted by Crippen LogP contribution is 2.39. The molecule has 1 saturated carbocycles. The molecule has 1 aliphatic heterocycles. The van der Waals surface area contributed by atoms with Crippen molar-refractivity contribution in [2.45, 2.75) is 38.1 Å². The van der Waals surface area contributed by atoms with Gasteiger partial charge in [-0.15, -0.1) is 10.2 Å². The molecule has 0 spiro atoms. The highest BCUT2D eigenvalue weighted by molar-refractivity contribution is 5.80. The zero-order valence-corrected chi connectivity index (χ0v) is 7.36. The number of hydrogen-bond acceptors (Lipinski definition) is 3. The van der Waals surface area contributed by atoms with Gasteiger partial charge in [-0.05, 0) is 12.8 Å². The molecule has 2 heterocycles. The van der Waals surface area contributed by atoms with Crippen LogP contribution in [0.2, 0.25) is 0 Å². The van der Waals surface area contributed by atoms with E-state index in [9.17, 15) is 4.79 Å². The molecule has 0 amide bonds. The summed E-state index contributed by atoms with van der Waals surface area (Å²) in [6.45, 7) is 0.799. The lowest BCUT2D eigenvalue weighted by Crippen LogP contribution is -2.20. The summed E-state index contributed by atoms with van der Waals surface area (Å²) in [4.78, 5) is 11.1. The highest BCUT2D eigenvalue weighted by atomic mass is 16.1.